The molecule has 0 saturated heterocycles. The van der Waals surface area contributed by atoms with Crippen molar-refractivity contribution in [1.29, 1.82) is 0 Å². The molecule has 4 aromatic rings. The van der Waals surface area contributed by atoms with Crippen LogP contribution in [0.15, 0.2) is 97.6 Å². The lowest BCUT2D eigenvalue weighted by Crippen LogP contribution is -2.33. The quantitative estimate of drug-likeness (QED) is 0.0245. The summed E-state index contributed by atoms with van der Waals surface area (Å²) >= 11 is 0. The van der Waals surface area contributed by atoms with Crippen LogP contribution in [0.1, 0.15) is 73.6 Å². The first-order valence-electron chi connectivity index (χ1n) is 23.4. The molecule has 2 amide bonds. The number of carbonyl (C=O) groups is 2. The highest BCUT2D eigenvalue weighted by molar-refractivity contribution is 8.76. The van der Waals surface area contributed by atoms with Gasteiger partial charge in [0.05, 0.1) is 26.4 Å². The number of aliphatic hydroxyl groups is 4. The van der Waals surface area contributed by atoms with Gasteiger partial charge in [0, 0.05) is 126 Å². The van der Waals surface area contributed by atoms with E-state index in [0.29, 0.717) is 39.0 Å². The second-order valence-corrected chi connectivity index (χ2v) is 19.1. The van der Waals surface area contributed by atoms with Gasteiger partial charge in [0.15, 0.2) is 24.8 Å². The molecule has 4 rings (SSSR count). The van der Waals surface area contributed by atoms with Gasteiger partial charge in [-0.25, -0.2) is 9.13 Å². The maximum absolute atomic E-state index is 12.7. The van der Waals surface area contributed by atoms with E-state index in [-0.39, 0.29) is 38.2 Å². The van der Waals surface area contributed by atoms with Crippen molar-refractivity contribution >= 4 is 69.1 Å². The number of pyridine rings is 2. The molecule has 2 aromatic heterocycles. The average Bonchev–Trinajstić information content (AvgIpc) is 3.34. The normalized spacial score (nSPS) is 11.4. The minimum atomic E-state index is 0.0443. The monoisotopic (exact) mass is 943 g/mol. The number of nitrogens with zero attached hydrogens (tertiary/aromatic N) is 6. The maximum Gasteiger partial charge on any atom is 0.222 e. The van der Waals surface area contributed by atoms with Crippen molar-refractivity contribution in [3.8, 4) is 0 Å². The molecule has 0 spiro atoms. The Kier molecular flexibility index (Phi) is 26.2. The molecule has 0 bridgehead atoms. The molecule has 0 aliphatic heterocycles. The highest BCUT2D eigenvalue weighted by atomic mass is 33.1. The summed E-state index contributed by atoms with van der Waals surface area (Å²) in [5.41, 5.74) is 6.35. The molecule has 66 heavy (non-hydrogen) atoms. The van der Waals surface area contributed by atoms with Gasteiger partial charge in [-0.2, -0.15) is 0 Å². The van der Waals surface area contributed by atoms with Crippen molar-refractivity contribution in [2.75, 3.05) is 101 Å². The summed E-state index contributed by atoms with van der Waals surface area (Å²) in [6, 6.07) is 24.6. The Morgan fingerprint density at radius 1 is 0.455 bits per heavy atom. The van der Waals surface area contributed by atoms with Gasteiger partial charge in [-0.1, -0.05) is 70.2 Å². The van der Waals surface area contributed by atoms with Crippen LogP contribution in [-0.2, 0) is 22.7 Å². The lowest BCUT2D eigenvalue weighted by molar-refractivity contribution is -0.697. The van der Waals surface area contributed by atoms with E-state index >= 15 is 0 Å². The first-order valence-corrected chi connectivity index (χ1v) is 25.9. The third-order valence-corrected chi connectivity index (χ3v) is 13.8. The van der Waals surface area contributed by atoms with E-state index in [2.05, 4.69) is 82.5 Å². The van der Waals surface area contributed by atoms with Crippen LogP contribution in [0.3, 0.4) is 0 Å². The van der Waals surface area contributed by atoms with Crippen LogP contribution in [0, 0.1) is 0 Å². The molecule has 2 aromatic carbocycles. The zero-order valence-corrected chi connectivity index (χ0v) is 40.8. The lowest BCUT2D eigenvalue weighted by Gasteiger charge is -2.22. The number of anilines is 2. The predicted molar refractivity (Wildman–Crippen MR) is 274 cm³/mol. The summed E-state index contributed by atoms with van der Waals surface area (Å²) < 4.78 is 4.36. The molecule has 0 atom stereocenters. The maximum atomic E-state index is 12.7. The largest absolute Gasteiger partial charge is 0.395 e. The smallest absolute Gasteiger partial charge is 0.222 e. The molecule has 0 saturated carbocycles. The number of hydrogen-bond acceptors (Lipinski definition) is 10. The number of hydrogen-bond donors (Lipinski definition) is 4. The van der Waals surface area contributed by atoms with Crippen LogP contribution >= 0.6 is 21.6 Å². The zero-order chi connectivity index (χ0) is 47.2. The van der Waals surface area contributed by atoms with Crippen LogP contribution in [0.25, 0.3) is 24.3 Å². The molecular formula is C52H74N6O6S2+2. The van der Waals surface area contributed by atoms with Crippen LogP contribution in [0.2, 0.25) is 0 Å². The summed E-state index contributed by atoms with van der Waals surface area (Å²) in [4.78, 5) is 33.0. The van der Waals surface area contributed by atoms with Gasteiger partial charge in [0.1, 0.15) is 13.1 Å². The summed E-state index contributed by atoms with van der Waals surface area (Å²) in [7, 11) is 7.39. The Hall–Kier alpha value is -4.70. The number of aliphatic hydroxyl groups excluding tert-OH is 4. The number of carbonyl (C=O) groups excluding carboxylic acids is 2. The number of aromatic nitrogens is 2. The highest BCUT2D eigenvalue weighted by Gasteiger charge is 2.12. The van der Waals surface area contributed by atoms with Gasteiger partial charge in [-0.3, -0.25) is 9.59 Å². The van der Waals surface area contributed by atoms with Crippen LogP contribution in [-0.4, -0.2) is 133 Å². The van der Waals surface area contributed by atoms with Crippen molar-refractivity contribution in [1.82, 2.24) is 9.80 Å². The molecule has 0 aliphatic rings. The van der Waals surface area contributed by atoms with Gasteiger partial charge in [-0.05, 0) is 72.2 Å². The molecular weight excluding hydrogens is 869 g/mol. The standard InChI is InChI=1S/C52H74N6O6S2/c1-53(27-3-5-29-55-31-23-47(24-32-55)13-11-45-15-19-49(20-16-45)57(35-39-59)36-40-60)51(63)9-7-43-65-66-44-8-10-52(64)54(2)28-4-6-30-56-33-25-48(26-34-56)14-12-46-17-21-50(22-18-46)58(37-41-61)38-42-62/h11-26,31-34,59-62H,3-10,27-30,35-44H2,1-2H3/q+2. The number of unbranched alkanes of at least 4 members (excludes halogenated alkanes) is 2. The SMILES string of the molecule is CN(CCCC[n+]1ccc(C=Cc2ccc(N(CCO)CCO)cc2)cc1)C(=O)CCCSSCCCC(=O)N(C)CCCC[n+]1ccc(C=Cc2ccc(N(CCO)CCO)cc2)cc1. The Bertz CT molecular complexity index is 1850. The Morgan fingerprint density at radius 2 is 0.773 bits per heavy atom. The molecule has 0 radical (unpaired) electrons. The molecule has 0 fully saturated rings. The molecule has 14 heteroatoms. The van der Waals surface area contributed by atoms with E-state index in [0.717, 1.165) is 110 Å². The zero-order valence-electron chi connectivity index (χ0n) is 39.2. The molecule has 358 valence electrons. The summed E-state index contributed by atoms with van der Waals surface area (Å²) in [6.07, 6.45) is 23.4. The van der Waals surface area contributed by atoms with Crippen molar-refractivity contribution < 1.29 is 39.1 Å². The number of rotatable bonds is 33. The average molecular weight is 943 g/mol. The summed E-state index contributed by atoms with van der Waals surface area (Å²) in [5.74, 6) is 2.24. The topological polar surface area (TPSA) is 136 Å². The Morgan fingerprint density at radius 3 is 1.09 bits per heavy atom. The first kappa shape index (κ1) is 53.9. The van der Waals surface area contributed by atoms with Gasteiger partial charge in [0.2, 0.25) is 11.8 Å². The van der Waals surface area contributed by atoms with Crippen molar-refractivity contribution in [2.45, 2.75) is 64.5 Å². The fraction of sp³-hybridized carbons (Fsp3) is 0.462. The first-order chi connectivity index (χ1) is 32.2. The van der Waals surface area contributed by atoms with Crippen molar-refractivity contribution in [3.05, 3.63) is 120 Å². The third kappa shape index (κ3) is 20.9. The van der Waals surface area contributed by atoms with Crippen molar-refractivity contribution in [3.63, 3.8) is 0 Å². The van der Waals surface area contributed by atoms with E-state index in [9.17, 15) is 30.0 Å². The van der Waals surface area contributed by atoms with Crippen LogP contribution < -0.4 is 18.9 Å². The third-order valence-electron chi connectivity index (χ3n) is 11.3. The van der Waals surface area contributed by atoms with Gasteiger partial charge in [-0.15, -0.1) is 0 Å². The number of benzene rings is 2. The minimum absolute atomic E-state index is 0.0443. The molecule has 12 nitrogen and oxygen atoms in total. The van der Waals surface area contributed by atoms with E-state index in [1.165, 1.54) is 0 Å². The highest BCUT2D eigenvalue weighted by Crippen LogP contribution is 2.24. The van der Waals surface area contributed by atoms with E-state index in [1.54, 1.807) is 21.6 Å². The predicted octanol–water partition coefficient (Wildman–Crippen LogP) is 6.30. The number of aryl methyl sites for hydroxylation is 2. The van der Waals surface area contributed by atoms with Crippen molar-refractivity contribution in [2.24, 2.45) is 0 Å². The fourth-order valence-corrected chi connectivity index (χ4v) is 9.43. The lowest BCUT2D eigenvalue weighted by atomic mass is 10.1. The van der Waals surface area contributed by atoms with E-state index in [4.69, 9.17) is 0 Å². The molecule has 2 heterocycles. The van der Waals surface area contributed by atoms with Crippen LogP contribution in [0.4, 0.5) is 11.4 Å². The molecule has 0 unspecified atom stereocenters. The molecule has 4 N–H and O–H groups in total. The van der Waals surface area contributed by atoms with Gasteiger partial charge >= 0.3 is 0 Å². The summed E-state index contributed by atoms with van der Waals surface area (Å²) in [6.45, 7) is 5.45. The molecule has 0 aliphatic carbocycles. The van der Waals surface area contributed by atoms with E-state index < -0.39 is 0 Å². The Balaban J connectivity index is 0.972. The van der Waals surface area contributed by atoms with Gasteiger partial charge < -0.3 is 40.0 Å². The summed E-state index contributed by atoms with van der Waals surface area (Å²) in [5, 5.41) is 37.2. The minimum Gasteiger partial charge on any atom is -0.395 e. The van der Waals surface area contributed by atoms with Gasteiger partial charge in [0.25, 0.3) is 0 Å². The second-order valence-electron chi connectivity index (χ2n) is 16.4. The Labute approximate surface area is 401 Å². The van der Waals surface area contributed by atoms with Crippen LogP contribution in [0.5, 0.6) is 0 Å². The number of amides is 2. The fourth-order valence-electron chi connectivity index (χ4n) is 7.26. The van der Waals surface area contributed by atoms with E-state index in [1.807, 2.05) is 82.2 Å². The second kappa shape index (κ2) is 32.1.